The Kier molecular flexibility index (Phi) is 7.58. The highest BCUT2D eigenvalue weighted by Crippen LogP contribution is 2.25. The molecular formula is C20H19Cl2FN4O2S. The Balaban J connectivity index is 1.60. The van der Waals surface area contributed by atoms with Gasteiger partial charge in [0.25, 0.3) is 0 Å². The number of carbonyl (C=O) groups excluding carboxylic acids is 1. The maximum Gasteiger partial charge on any atom is 0.234 e. The summed E-state index contributed by atoms with van der Waals surface area (Å²) in [4.78, 5) is 12.3. The molecule has 1 heterocycles. The van der Waals surface area contributed by atoms with Crippen molar-refractivity contribution < 1.29 is 13.9 Å². The van der Waals surface area contributed by atoms with Crippen molar-refractivity contribution in [1.29, 1.82) is 0 Å². The summed E-state index contributed by atoms with van der Waals surface area (Å²) in [5, 5.41) is 12.3. The number of benzene rings is 2. The van der Waals surface area contributed by atoms with Crippen LogP contribution >= 0.6 is 35.0 Å². The van der Waals surface area contributed by atoms with Crippen molar-refractivity contribution in [2.75, 3.05) is 11.1 Å². The van der Waals surface area contributed by atoms with E-state index in [2.05, 4.69) is 15.5 Å². The highest BCUT2D eigenvalue weighted by molar-refractivity contribution is 7.99. The third-order valence-corrected chi connectivity index (χ3v) is 5.91. The lowest BCUT2D eigenvalue weighted by Gasteiger charge is -2.10. The highest BCUT2D eigenvalue weighted by Gasteiger charge is 2.15. The largest absolute Gasteiger partial charge is 0.486 e. The summed E-state index contributed by atoms with van der Waals surface area (Å²) in [5.74, 6) is 0.503. The Labute approximate surface area is 187 Å². The first-order valence-corrected chi connectivity index (χ1v) is 10.8. The highest BCUT2D eigenvalue weighted by atomic mass is 35.5. The number of aromatic nitrogens is 3. The number of anilines is 1. The number of carbonyl (C=O) groups is 1. The van der Waals surface area contributed by atoms with Crippen molar-refractivity contribution in [3.8, 4) is 5.75 Å². The maximum atomic E-state index is 13.3. The van der Waals surface area contributed by atoms with Crippen LogP contribution in [0.3, 0.4) is 0 Å². The standard InChI is InChI=1S/C20H19Cl2FN4O2S/c1-3-27-18(10-29-13-7-8-16(23)15(22)9-13)25-26-20(27)30-11-19(28)24-17-6-4-5-14(21)12(17)2/h4-9H,3,10-11H2,1-2H3,(H,24,28). The lowest BCUT2D eigenvalue weighted by atomic mass is 10.2. The topological polar surface area (TPSA) is 69.0 Å². The summed E-state index contributed by atoms with van der Waals surface area (Å²) in [5.41, 5.74) is 1.49. The average molecular weight is 469 g/mol. The van der Waals surface area contributed by atoms with Gasteiger partial charge in [-0.1, -0.05) is 41.0 Å². The van der Waals surface area contributed by atoms with Gasteiger partial charge in [-0.15, -0.1) is 10.2 Å². The Morgan fingerprint density at radius 1 is 1.23 bits per heavy atom. The number of nitrogens with zero attached hydrogens (tertiary/aromatic N) is 3. The van der Waals surface area contributed by atoms with Crippen LogP contribution < -0.4 is 10.1 Å². The summed E-state index contributed by atoms with van der Waals surface area (Å²) < 4.78 is 20.7. The van der Waals surface area contributed by atoms with Crippen LogP contribution in [0.2, 0.25) is 10.0 Å². The van der Waals surface area contributed by atoms with E-state index in [4.69, 9.17) is 27.9 Å². The Bertz CT molecular complexity index is 1060. The Morgan fingerprint density at radius 2 is 2.03 bits per heavy atom. The van der Waals surface area contributed by atoms with Crippen LogP contribution in [-0.4, -0.2) is 26.4 Å². The molecule has 3 aromatic rings. The third kappa shape index (κ3) is 5.44. The molecule has 0 radical (unpaired) electrons. The molecule has 0 saturated carbocycles. The zero-order chi connectivity index (χ0) is 21.7. The quantitative estimate of drug-likeness (QED) is 0.450. The Morgan fingerprint density at radius 3 is 2.77 bits per heavy atom. The van der Waals surface area contributed by atoms with Gasteiger partial charge in [0.05, 0.1) is 10.8 Å². The monoisotopic (exact) mass is 468 g/mol. The molecular weight excluding hydrogens is 450 g/mol. The van der Waals surface area contributed by atoms with Crippen molar-refractivity contribution in [3.05, 3.63) is 63.6 Å². The van der Waals surface area contributed by atoms with Gasteiger partial charge in [-0.3, -0.25) is 4.79 Å². The molecule has 0 bridgehead atoms. The number of ether oxygens (including phenoxy) is 1. The maximum absolute atomic E-state index is 13.3. The van der Waals surface area contributed by atoms with E-state index in [1.54, 1.807) is 18.2 Å². The molecule has 1 aromatic heterocycles. The second-order valence-corrected chi connectivity index (χ2v) is 8.01. The number of nitrogens with one attached hydrogen (secondary N) is 1. The van der Waals surface area contributed by atoms with Crippen LogP contribution in [0.15, 0.2) is 41.6 Å². The van der Waals surface area contributed by atoms with Crippen molar-refractivity contribution in [3.63, 3.8) is 0 Å². The van der Waals surface area contributed by atoms with E-state index in [-0.39, 0.29) is 23.3 Å². The predicted octanol–water partition coefficient (Wildman–Crippen LogP) is 5.36. The molecule has 158 valence electrons. The molecule has 0 aliphatic carbocycles. The fourth-order valence-corrected chi connectivity index (χ4v) is 3.79. The van der Waals surface area contributed by atoms with Gasteiger partial charge in [-0.25, -0.2) is 4.39 Å². The molecule has 0 aliphatic rings. The number of hydrogen-bond acceptors (Lipinski definition) is 5. The number of thioether (sulfide) groups is 1. The van der Waals surface area contributed by atoms with Gasteiger partial charge in [0.1, 0.15) is 18.2 Å². The van der Waals surface area contributed by atoms with Crippen molar-refractivity contribution in [2.24, 2.45) is 0 Å². The van der Waals surface area contributed by atoms with Crippen molar-refractivity contribution in [2.45, 2.75) is 32.2 Å². The minimum atomic E-state index is -0.509. The summed E-state index contributed by atoms with van der Waals surface area (Å²) >= 11 is 13.1. The molecule has 6 nitrogen and oxygen atoms in total. The molecule has 0 spiro atoms. The van der Waals surface area contributed by atoms with Gasteiger partial charge in [0, 0.05) is 23.3 Å². The van der Waals surface area contributed by atoms with E-state index in [9.17, 15) is 9.18 Å². The lowest BCUT2D eigenvalue weighted by molar-refractivity contribution is -0.113. The number of amides is 1. The average Bonchev–Trinajstić information content (AvgIpc) is 3.12. The van der Waals surface area contributed by atoms with Crippen LogP contribution in [0, 0.1) is 12.7 Å². The molecule has 3 rings (SSSR count). The van der Waals surface area contributed by atoms with Crippen LogP contribution in [0.4, 0.5) is 10.1 Å². The second-order valence-electron chi connectivity index (χ2n) is 6.26. The molecule has 1 amide bonds. The summed E-state index contributed by atoms with van der Waals surface area (Å²) in [7, 11) is 0. The first-order chi connectivity index (χ1) is 14.4. The molecule has 10 heteroatoms. The van der Waals surface area contributed by atoms with E-state index >= 15 is 0 Å². The summed E-state index contributed by atoms with van der Waals surface area (Å²) in [6.45, 7) is 4.53. The predicted molar refractivity (Wildman–Crippen MR) is 117 cm³/mol. The lowest BCUT2D eigenvalue weighted by Crippen LogP contribution is -2.15. The third-order valence-electron chi connectivity index (χ3n) is 4.24. The fraction of sp³-hybridized carbons (Fsp3) is 0.250. The molecule has 0 saturated heterocycles. The van der Waals surface area contributed by atoms with Crippen molar-refractivity contribution in [1.82, 2.24) is 14.8 Å². The normalized spacial score (nSPS) is 10.8. The van der Waals surface area contributed by atoms with Crippen LogP contribution in [0.5, 0.6) is 5.75 Å². The first kappa shape index (κ1) is 22.4. The molecule has 2 aromatic carbocycles. The molecule has 0 aliphatic heterocycles. The van der Waals surface area contributed by atoms with E-state index in [0.717, 1.165) is 5.56 Å². The van der Waals surface area contributed by atoms with Gasteiger partial charge in [0.15, 0.2) is 11.0 Å². The van der Waals surface area contributed by atoms with Gasteiger partial charge >= 0.3 is 0 Å². The molecule has 0 unspecified atom stereocenters. The zero-order valence-electron chi connectivity index (χ0n) is 16.3. The Hall–Kier alpha value is -2.29. The van der Waals surface area contributed by atoms with Gasteiger partial charge in [-0.05, 0) is 43.7 Å². The summed E-state index contributed by atoms with van der Waals surface area (Å²) in [6, 6.07) is 9.49. The number of halogens is 3. The SMILES string of the molecule is CCn1c(COc2ccc(F)c(Cl)c2)nnc1SCC(=O)Nc1cccc(Cl)c1C. The van der Waals surface area contributed by atoms with Gasteiger partial charge in [-0.2, -0.15) is 0 Å². The van der Waals surface area contributed by atoms with Gasteiger partial charge < -0.3 is 14.6 Å². The van der Waals surface area contributed by atoms with E-state index in [1.165, 1.54) is 30.0 Å². The number of hydrogen-bond donors (Lipinski definition) is 1. The van der Waals surface area contributed by atoms with Crippen molar-refractivity contribution >= 4 is 46.6 Å². The first-order valence-electron chi connectivity index (χ1n) is 9.06. The fourth-order valence-electron chi connectivity index (χ4n) is 2.62. The van der Waals surface area contributed by atoms with Crippen LogP contribution in [-0.2, 0) is 17.9 Å². The van der Waals surface area contributed by atoms with Gasteiger partial charge in [0.2, 0.25) is 5.91 Å². The zero-order valence-corrected chi connectivity index (χ0v) is 18.6. The van der Waals surface area contributed by atoms with Crippen LogP contribution in [0.25, 0.3) is 0 Å². The van der Waals surface area contributed by atoms with E-state index in [1.807, 2.05) is 18.4 Å². The molecule has 0 atom stereocenters. The van der Waals surface area contributed by atoms with Crippen LogP contribution in [0.1, 0.15) is 18.3 Å². The molecule has 30 heavy (non-hydrogen) atoms. The minimum Gasteiger partial charge on any atom is -0.486 e. The summed E-state index contributed by atoms with van der Waals surface area (Å²) in [6.07, 6.45) is 0. The molecule has 0 fully saturated rings. The number of rotatable bonds is 8. The minimum absolute atomic E-state index is 0.0124. The van der Waals surface area contributed by atoms with E-state index in [0.29, 0.717) is 34.0 Å². The van der Waals surface area contributed by atoms with E-state index < -0.39 is 5.82 Å². The smallest absolute Gasteiger partial charge is 0.234 e. The second kappa shape index (κ2) is 10.1. The molecule has 1 N–H and O–H groups in total.